The van der Waals surface area contributed by atoms with Crippen LogP contribution in [0.2, 0.25) is 0 Å². The number of halogens is 1. The zero-order chi connectivity index (χ0) is 15.4. The normalized spacial score (nSPS) is 22.8. The Kier molecular flexibility index (Phi) is 5.28. The third-order valence-electron chi connectivity index (χ3n) is 4.15. The van der Waals surface area contributed by atoms with Crippen molar-refractivity contribution in [3.63, 3.8) is 0 Å². The molecule has 2 saturated heterocycles. The van der Waals surface area contributed by atoms with Crippen molar-refractivity contribution in [1.82, 2.24) is 14.8 Å². The van der Waals surface area contributed by atoms with Gasteiger partial charge in [-0.25, -0.2) is 9.78 Å². The van der Waals surface area contributed by atoms with Gasteiger partial charge in [0, 0.05) is 43.4 Å². The summed E-state index contributed by atoms with van der Waals surface area (Å²) in [5.41, 5.74) is 0. The van der Waals surface area contributed by atoms with Crippen molar-refractivity contribution in [2.45, 2.75) is 6.42 Å². The largest absolute Gasteiger partial charge is 0.379 e. The predicted octanol–water partition coefficient (Wildman–Crippen LogP) is 2.03. The van der Waals surface area contributed by atoms with E-state index in [1.807, 2.05) is 11.0 Å². The highest BCUT2D eigenvalue weighted by atomic mass is 79.9. The molecule has 0 radical (unpaired) electrons. The summed E-state index contributed by atoms with van der Waals surface area (Å²) in [5.74, 6) is 1.13. The molecule has 1 aromatic heterocycles. The van der Waals surface area contributed by atoms with Crippen LogP contribution in [0.15, 0.2) is 22.8 Å². The lowest BCUT2D eigenvalue weighted by molar-refractivity contribution is 0.0314. The van der Waals surface area contributed by atoms with Crippen LogP contribution in [0.1, 0.15) is 6.42 Å². The number of hydrogen-bond acceptors (Lipinski definition) is 4. The van der Waals surface area contributed by atoms with Crippen LogP contribution in [-0.4, -0.2) is 66.8 Å². The molecule has 2 amide bonds. The number of nitrogens with one attached hydrogen (secondary N) is 1. The number of hydrogen-bond donors (Lipinski definition) is 1. The van der Waals surface area contributed by atoms with Gasteiger partial charge in [0.15, 0.2) is 0 Å². The van der Waals surface area contributed by atoms with Gasteiger partial charge in [-0.05, 0) is 24.5 Å². The number of nitrogens with zero attached hydrogens (tertiary/aromatic N) is 3. The lowest BCUT2D eigenvalue weighted by atomic mass is 10.1. The van der Waals surface area contributed by atoms with Crippen LogP contribution in [0.5, 0.6) is 0 Å². The maximum Gasteiger partial charge on any atom is 0.323 e. The molecule has 7 heteroatoms. The number of rotatable bonds is 3. The van der Waals surface area contributed by atoms with E-state index in [9.17, 15) is 4.79 Å². The van der Waals surface area contributed by atoms with Crippen molar-refractivity contribution in [3.05, 3.63) is 22.8 Å². The van der Waals surface area contributed by atoms with Crippen LogP contribution in [0.25, 0.3) is 0 Å². The molecule has 2 aliphatic heterocycles. The lowest BCUT2D eigenvalue weighted by Crippen LogP contribution is -2.40. The molecule has 0 spiro atoms. The van der Waals surface area contributed by atoms with E-state index in [1.54, 1.807) is 12.3 Å². The van der Waals surface area contributed by atoms with E-state index in [4.69, 9.17) is 4.74 Å². The molecule has 120 valence electrons. The van der Waals surface area contributed by atoms with Gasteiger partial charge < -0.3 is 9.64 Å². The van der Waals surface area contributed by atoms with Crippen molar-refractivity contribution < 1.29 is 9.53 Å². The number of aromatic nitrogens is 1. The van der Waals surface area contributed by atoms with E-state index >= 15 is 0 Å². The van der Waals surface area contributed by atoms with Gasteiger partial charge in [0.05, 0.1) is 13.2 Å². The molecular formula is C15H21BrN4O2. The first-order chi connectivity index (χ1) is 10.7. The first-order valence-corrected chi connectivity index (χ1v) is 8.47. The van der Waals surface area contributed by atoms with Crippen molar-refractivity contribution in [2.24, 2.45) is 5.92 Å². The van der Waals surface area contributed by atoms with Gasteiger partial charge in [-0.1, -0.05) is 15.9 Å². The summed E-state index contributed by atoms with van der Waals surface area (Å²) in [5, 5.41) is 2.86. The number of carbonyl (C=O) groups excluding carboxylic acids is 1. The van der Waals surface area contributed by atoms with E-state index in [0.29, 0.717) is 11.7 Å². The second-order valence-electron chi connectivity index (χ2n) is 5.80. The Balaban J connectivity index is 1.48. The second-order valence-corrected chi connectivity index (χ2v) is 6.72. The Bertz CT molecular complexity index is 522. The first kappa shape index (κ1) is 15.7. The fourth-order valence-corrected chi connectivity index (χ4v) is 3.31. The molecule has 0 aliphatic carbocycles. The number of ether oxygens (including phenoxy) is 1. The molecule has 6 nitrogen and oxygen atoms in total. The summed E-state index contributed by atoms with van der Waals surface area (Å²) in [7, 11) is 0. The number of pyridine rings is 1. The molecule has 22 heavy (non-hydrogen) atoms. The van der Waals surface area contributed by atoms with E-state index in [1.165, 1.54) is 0 Å². The molecule has 1 aromatic rings. The van der Waals surface area contributed by atoms with E-state index in [0.717, 1.165) is 56.8 Å². The summed E-state index contributed by atoms with van der Waals surface area (Å²) in [6.45, 7) is 6.35. The summed E-state index contributed by atoms with van der Waals surface area (Å²) in [4.78, 5) is 20.8. The quantitative estimate of drug-likeness (QED) is 0.886. The molecule has 2 fully saturated rings. The fraction of sp³-hybridized carbons (Fsp3) is 0.600. The first-order valence-electron chi connectivity index (χ1n) is 7.68. The number of amides is 2. The topological polar surface area (TPSA) is 57.7 Å². The maximum atomic E-state index is 12.3. The molecule has 0 saturated carbocycles. The van der Waals surface area contributed by atoms with Gasteiger partial charge >= 0.3 is 6.03 Å². The molecular weight excluding hydrogens is 348 g/mol. The van der Waals surface area contributed by atoms with Gasteiger partial charge in [-0.2, -0.15) is 0 Å². The smallest absolute Gasteiger partial charge is 0.323 e. The Hall–Kier alpha value is -1.18. The Morgan fingerprint density at radius 3 is 3.00 bits per heavy atom. The molecule has 3 heterocycles. The highest BCUT2D eigenvalue weighted by Gasteiger charge is 2.28. The van der Waals surface area contributed by atoms with Crippen molar-refractivity contribution >= 4 is 27.8 Å². The molecule has 1 N–H and O–H groups in total. The number of urea groups is 1. The predicted molar refractivity (Wildman–Crippen MR) is 87.9 cm³/mol. The third-order valence-corrected chi connectivity index (χ3v) is 4.64. The molecule has 1 atom stereocenters. The van der Waals surface area contributed by atoms with Crippen molar-refractivity contribution in [2.75, 3.05) is 51.3 Å². The lowest BCUT2D eigenvalue weighted by Gasteiger charge is -2.29. The van der Waals surface area contributed by atoms with Crippen LogP contribution in [0.4, 0.5) is 10.6 Å². The molecule has 0 aromatic carbocycles. The maximum absolute atomic E-state index is 12.3. The minimum atomic E-state index is -0.0601. The Morgan fingerprint density at radius 1 is 1.41 bits per heavy atom. The van der Waals surface area contributed by atoms with Crippen LogP contribution >= 0.6 is 15.9 Å². The summed E-state index contributed by atoms with van der Waals surface area (Å²) in [6, 6.07) is 3.58. The minimum absolute atomic E-state index is 0.0601. The zero-order valence-corrected chi connectivity index (χ0v) is 14.1. The van der Waals surface area contributed by atoms with Gasteiger partial charge in [-0.3, -0.25) is 10.2 Å². The van der Waals surface area contributed by atoms with Gasteiger partial charge in [0.2, 0.25) is 0 Å². The third kappa shape index (κ3) is 4.18. The zero-order valence-electron chi connectivity index (χ0n) is 12.5. The van der Waals surface area contributed by atoms with Gasteiger partial charge in [0.25, 0.3) is 0 Å². The molecule has 2 aliphatic rings. The standard InChI is InChI=1S/C15H21BrN4O2/c16-13-1-3-17-14(9-13)18-15(21)20-4-2-12(11-20)10-19-5-7-22-8-6-19/h1,3,9,12H,2,4-8,10-11H2,(H,17,18,21). The number of likely N-dealkylation sites (tertiary alicyclic amines) is 1. The highest BCUT2D eigenvalue weighted by molar-refractivity contribution is 9.10. The van der Waals surface area contributed by atoms with Crippen molar-refractivity contribution in [3.8, 4) is 0 Å². The minimum Gasteiger partial charge on any atom is -0.379 e. The van der Waals surface area contributed by atoms with Crippen LogP contribution in [0.3, 0.4) is 0 Å². The number of anilines is 1. The summed E-state index contributed by atoms with van der Waals surface area (Å²) < 4.78 is 6.28. The van der Waals surface area contributed by atoms with E-state index < -0.39 is 0 Å². The average Bonchev–Trinajstić information content (AvgIpc) is 2.97. The van der Waals surface area contributed by atoms with Crippen LogP contribution in [-0.2, 0) is 4.74 Å². The molecule has 3 rings (SSSR count). The number of morpholine rings is 1. The average molecular weight is 369 g/mol. The van der Waals surface area contributed by atoms with E-state index in [-0.39, 0.29) is 6.03 Å². The van der Waals surface area contributed by atoms with Crippen LogP contribution < -0.4 is 5.32 Å². The SMILES string of the molecule is O=C(Nc1cc(Br)ccn1)N1CCC(CN2CCOCC2)C1. The Labute approximate surface area is 139 Å². The highest BCUT2D eigenvalue weighted by Crippen LogP contribution is 2.20. The van der Waals surface area contributed by atoms with Crippen molar-refractivity contribution in [1.29, 1.82) is 0 Å². The van der Waals surface area contributed by atoms with E-state index in [2.05, 4.69) is 31.1 Å². The summed E-state index contributed by atoms with van der Waals surface area (Å²) >= 11 is 3.38. The summed E-state index contributed by atoms with van der Waals surface area (Å²) in [6.07, 6.45) is 2.74. The van der Waals surface area contributed by atoms with Crippen LogP contribution in [0, 0.1) is 5.92 Å². The number of carbonyl (C=O) groups is 1. The fourth-order valence-electron chi connectivity index (χ4n) is 2.98. The molecule has 1 unspecified atom stereocenters. The van der Waals surface area contributed by atoms with Gasteiger partial charge in [0.1, 0.15) is 5.82 Å². The second kappa shape index (κ2) is 7.39. The Morgan fingerprint density at radius 2 is 2.23 bits per heavy atom. The molecule has 0 bridgehead atoms. The monoisotopic (exact) mass is 368 g/mol. The van der Waals surface area contributed by atoms with Gasteiger partial charge in [-0.15, -0.1) is 0 Å².